The maximum atomic E-state index is 12.1. The van der Waals surface area contributed by atoms with E-state index in [1.807, 2.05) is 42.8 Å². The fraction of sp³-hybridized carbons (Fsp3) is 0.360. The molecule has 33 heavy (non-hydrogen) atoms. The zero-order chi connectivity index (χ0) is 22.8. The Kier molecular flexibility index (Phi) is 6.57. The monoisotopic (exact) mass is 477 g/mol. The molecule has 1 aliphatic heterocycles. The molecule has 0 aliphatic carbocycles. The van der Waals surface area contributed by atoms with Gasteiger partial charge in [0.2, 0.25) is 0 Å². The maximum absolute atomic E-state index is 12.1. The number of fused-ring (bicyclic) bond motifs is 2. The number of ketones is 1. The van der Waals surface area contributed by atoms with E-state index in [4.69, 9.17) is 4.98 Å². The second-order valence-electron chi connectivity index (χ2n) is 8.34. The summed E-state index contributed by atoms with van der Waals surface area (Å²) in [5.74, 6) is 2.03. The fourth-order valence-electron chi connectivity index (χ4n) is 4.23. The highest BCUT2D eigenvalue weighted by atomic mass is 32.2. The number of carbonyl (C=O) groups is 1. The summed E-state index contributed by atoms with van der Waals surface area (Å²) in [6.45, 7) is 4.97. The van der Waals surface area contributed by atoms with E-state index >= 15 is 0 Å². The summed E-state index contributed by atoms with van der Waals surface area (Å²) in [6, 6.07) is 14.4. The number of benzene rings is 2. The van der Waals surface area contributed by atoms with E-state index in [0.29, 0.717) is 6.42 Å². The molecule has 0 saturated heterocycles. The highest BCUT2D eigenvalue weighted by Gasteiger charge is 2.18. The largest absolute Gasteiger partial charge is 0.303 e. The predicted molar refractivity (Wildman–Crippen MR) is 135 cm³/mol. The molecule has 2 aromatic carbocycles. The van der Waals surface area contributed by atoms with Gasteiger partial charge in [-0.05, 0) is 48.7 Å². The fourth-order valence-corrected chi connectivity index (χ4v) is 6.05. The van der Waals surface area contributed by atoms with Crippen molar-refractivity contribution >= 4 is 39.1 Å². The molecule has 0 fully saturated rings. The summed E-state index contributed by atoms with van der Waals surface area (Å²) in [4.78, 5) is 19.3. The SMILES string of the molecule is CCC(=O)c1ccc2c(c1)CN(CCCSc1nnc(-c3nc4ccccc4s3)n1C)CC2. The highest BCUT2D eigenvalue weighted by molar-refractivity contribution is 7.99. The second-order valence-corrected chi connectivity index (χ2v) is 10.4. The van der Waals surface area contributed by atoms with Crippen LogP contribution >= 0.6 is 23.1 Å². The van der Waals surface area contributed by atoms with Gasteiger partial charge in [0.15, 0.2) is 21.8 Å². The van der Waals surface area contributed by atoms with Crippen molar-refractivity contribution in [2.75, 3.05) is 18.8 Å². The van der Waals surface area contributed by atoms with E-state index in [1.165, 1.54) is 15.8 Å². The first-order valence-electron chi connectivity index (χ1n) is 11.4. The first-order chi connectivity index (χ1) is 16.1. The van der Waals surface area contributed by atoms with Gasteiger partial charge in [-0.1, -0.05) is 43.0 Å². The second kappa shape index (κ2) is 9.75. The number of carbonyl (C=O) groups excluding carboxylic acids is 1. The number of rotatable bonds is 8. The smallest absolute Gasteiger partial charge is 0.193 e. The zero-order valence-electron chi connectivity index (χ0n) is 19.0. The lowest BCUT2D eigenvalue weighted by Crippen LogP contribution is -2.31. The number of aromatic nitrogens is 4. The number of thiazole rings is 1. The third-order valence-electron chi connectivity index (χ3n) is 6.11. The Morgan fingerprint density at radius 2 is 2.03 bits per heavy atom. The quantitative estimate of drug-likeness (QED) is 0.197. The lowest BCUT2D eigenvalue weighted by atomic mass is 9.95. The molecule has 0 unspecified atom stereocenters. The average molecular weight is 478 g/mol. The molecule has 5 rings (SSSR count). The zero-order valence-corrected chi connectivity index (χ0v) is 20.6. The number of nitrogens with zero attached hydrogens (tertiary/aromatic N) is 5. The van der Waals surface area contributed by atoms with Crippen molar-refractivity contribution in [1.29, 1.82) is 0 Å². The van der Waals surface area contributed by atoms with Crippen LogP contribution in [-0.2, 0) is 20.0 Å². The van der Waals surface area contributed by atoms with Gasteiger partial charge in [-0.15, -0.1) is 21.5 Å². The molecular formula is C25H27N5OS2. The highest BCUT2D eigenvalue weighted by Crippen LogP contribution is 2.30. The molecule has 6 nitrogen and oxygen atoms in total. The molecule has 0 radical (unpaired) electrons. The van der Waals surface area contributed by atoms with Crippen molar-refractivity contribution in [1.82, 2.24) is 24.6 Å². The Morgan fingerprint density at radius 1 is 1.15 bits per heavy atom. The summed E-state index contributed by atoms with van der Waals surface area (Å²) in [5.41, 5.74) is 4.54. The van der Waals surface area contributed by atoms with Crippen LogP contribution < -0.4 is 0 Å². The molecule has 0 bridgehead atoms. The molecule has 0 saturated carbocycles. The van der Waals surface area contributed by atoms with Crippen LogP contribution in [0.2, 0.25) is 0 Å². The van der Waals surface area contributed by atoms with Gasteiger partial charge in [0, 0.05) is 37.9 Å². The van der Waals surface area contributed by atoms with E-state index in [2.05, 4.69) is 33.3 Å². The molecule has 3 heterocycles. The van der Waals surface area contributed by atoms with E-state index in [-0.39, 0.29) is 5.78 Å². The van der Waals surface area contributed by atoms with Gasteiger partial charge in [0.05, 0.1) is 10.2 Å². The third-order valence-corrected chi connectivity index (χ3v) is 8.25. The van der Waals surface area contributed by atoms with E-state index in [9.17, 15) is 4.79 Å². The lowest BCUT2D eigenvalue weighted by Gasteiger charge is -2.29. The molecule has 0 atom stereocenters. The van der Waals surface area contributed by atoms with Gasteiger partial charge in [0.1, 0.15) is 0 Å². The number of hydrogen-bond acceptors (Lipinski definition) is 7. The summed E-state index contributed by atoms with van der Waals surface area (Å²) < 4.78 is 3.21. The van der Waals surface area contributed by atoms with Crippen LogP contribution in [0.25, 0.3) is 21.0 Å². The van der Waals surface area contributed by atoms with Crippen LogP contribution in [0.4, 0.5) is 0 Å². The van der Waals surface area contributed by atoms with Crippen LogP contribution in [0.1, 0.15) is 41.3 Å². The van der Waals surface area contributed by atoms with E-state index in [1.54, 1.807) is 23.1 Å². The summed E-state index contributed by atoms with van der Waals surface area (Å²) in [5, 5.41) is 10.6. The Bertz CT molecular complexity index is 1260. The van der Waals surface area contributed by atoms with Crippen LogP contribution in [0.5, 0.6) is 0 Å². The van der Waals surface area contributed by atoms with Crippen LogP contribution in [0, 0.1) is 0 Å². The van der Waals surface area contributed by atoms with E-state index < -0.39 is 0 Å². The van der Waals surface area contributed by atoms with Gasteiger partial charge in [-0.3, -0.25) is 9.69 Å². The third kappa shape index (κ3) is 4.74. The number of Topliss-reactive ketones (excluding diaryl/α,β-unsaturated/α-hetero) is 1. The van der Waals surface area contributed by atoms with Crippen LogP contribution in [-0.4, -0.2) is 49.3 Å². The Hall–Kier alpha value is -2.55. The molecule has 8 heteroatoms. The number of hydrogen-bond donors (Lipinski definition) is 0. The topological polar surface area (TPSA) is 63.9 Å². The van der Waals surface area contributed by atoms with Gasteiger partial charge >= 0.3 is 0 Å². The minimum atomic E-state index is 0.222. The van der Waals surface area contributed by atoms with Crippen LogP contribution in [0.15, 0.2) is 47.6 Å². The molecular weight excluding hydrogens is 450 g/mol. The predicted octanol–water partition coefficient (Wildman–Crippen LogP) is 5.23. The summed E-state index contributed by atoms with van der Waals surface area (Å²) in [7, 11) is 2.01. The minimum absolute atomic E-state index is 0.222. The molecule has 4 aromatic rings. The van der Waals surface area contributed by atoms with Crippen molar-refractivity contribution in [3.63, 3.8) is 0 Å². The molecule has 170 valence electrons. The normalized spacial score (nSPS) is 14.0. The summed E-state index contributed by atoms with van der Waals surface area (Å²) >= 11 is 3.40. The standard InChI is InChI=1S/C25H27N5OS2/c1-3-21(31)18-10-9-17-11-13-30(16-19(17)15-18)12-6-14-32-25-28-27-23(29(25)2)24-26-20-7-4-5-8-22(20)33-24/h4-5,7-10,15H,3,6,11-14,16H2,1-2H3. The first-order valence-corrected chi connectivity index (χ1v) is 13.2. The lowest BCUT2D eigenvalue weighted by molar-refractivity contribution is 0.0988. The van der Waals surface area contributed by atoms with Crippen molar-refractivity contribution in [2.45, 2.75) is 37.9 Å². The van der Waals surface area contributed by atoms with Gasteiger partial charge in [0.25, 0.3) is 0 Å². The Morgan fingerprint density at radius 3 is 2.88 bits per heavy atom. The molecule has 1 aliphatic rings. The molecule has 0 amide bonds. The Labute approximate surface area is 202 Å². The van der Waals surface area contributed by atoms with Crippen molar-refractivity contribution in [3.05, 3.63) is 59.2 Å². The minimum Gasteiger partial charge on any atom is -0.303 e. The van der Waals surface area contributed by atoms with E-state index in [0.717, 1.165) is 65.3 Å². The first kappa shape index (κ1) is 22.3. The van der Waals surface area contributed by atoms with Crippen molar-refractivity contribution in [3.8, 4) is 10.8 Å². The Balaban J connectivity index is 1.16. The van der Waals surface area contributed by atoms with Crippen molar-refractivity contribution in [2.24, 2.45) is 7.05 Å². The van der Waals surface area contributed by atoms with Gasteiger partial charge < -0.3 is 4.57 Å². The number of thioether (sulfide) groups is 1. The number of para-hydroxylation sites is 1. The van der Waals surface area contributed by atoms with Crippen LogP contribution in [0.3, 0.4) is 0 Å². The summed E-state index contributed by atoms with van der Waals surface area (Å²) in [6.07, 6.45) is 2.69. The molecule has 0 spiro atoms. The molecule has 2 aromatic heterocycles. The van der Waals surface area contributed by atoms with Crippen molar-refractivity contribution < 1.29 is 4.79 Å². The van der Waals surface area contributed by atoms with Gasteiger partial charge in [-0.25, -0.2) is 4.98 Å². The average Bonchev–Trinajstić information content (AvgIpc) is 3.43. The maximum Gasteiger partial charge on any atom is 0.193 e. The van der Waals surface area contributed by atoms with Gasteiger partial charge in [-0.2, -0.15) is 0 Å². The molecule has 0 N–H and O–H groups in total.